The number of anilines is 1. The fraction of sp³-hybridized carbons (Fsp3) is 0.538. The highest BCUT2D eigenvalue weighted by atomic mass is 35.5. The van der Waals surface area contributed by atoms with Crippen LogP contribution in [0.1, 0.15) is 32.0 Å². The van der Waals surface area contributed by atoms with Crippen molar-refractivity contribution >= 4 is 17.5 Å². The molecule has 20 heavy (non-hydrogen) atoms. The Bertz CT molecular complexity index is 590. The molecule has 0 saturated carbocycles. The molecule has 0 aromatic carbocycles. The Kier molecular flexibility index (Phi) is 3.82. The van der Waals surface area contributed by atoms with Crippen molar-refractivity contribution in [2.45, 2.75) is 32.6 Å². The van der Waals surface area contributed by atoms with Gasteiger partial charge in [0.2, 0.25) is 17.2 Å². The predicted molar refractivity (Wildman–Crippen MR) is 77.4 cm³/mol. The van der Waals surface area contributed by atoms with Crippen molar-refractivity contribution in [3.8, 4) is 5.95 Å². The van der Waals surface area contributed by atoms with E-state index in [0.717, 1.165) is 25.3 Å². The Morgan fingerprint density at radius 3 is 2.60 bits per heavy atom. The van der Waals surface area contributed by atoms with E-state index in [4.69, 9.17) is 11.6 Å². The molecule has 0 aliphatic carbocycles. The van der Waals surface area contributed by atoms with Crippen LogP contribution in [0.5, 0.6) is 0 Å². The van der Waals surface area contributed by atoms with E-state index >= 15 is 0 Å². The second-order valence-corrected chi connectivity index (χ2v) is 5.16. The van der Waals surface area contributed by atoms with Gasteiger partial charge in [-0.25, -0.2) is 4.98 Å². The van der Waals surface area contributed by atoms with Gasteiger partial charge in [0.05, 0.1) is 0 Å². The number of nitrogens with zero attached hydrogens (tertiary/aromatic N) is 6. The van der Waals surface area contributed by atoms with Crippen LogP contribution in [0.2, 0.25) is 5.28 Å². The smallest absolute Gasteiger partial charge is 0.241 e. The van der Waals surface area contributed by atoms with Gasteiger partial charge in [-0.3, -0.25) is 4.57 Å². The second kappa shape index (κ2) is 5.75. The van der Waals surface area contributed by atoms with Gasteiger partial charge in [0.15, 0.2) is 0 Å². The maximum Gasteiger partial charge on any atom is 0.241 e. The van der Waals surface area contributed by atoms with Crippen LogP contribution in [-0.2, 0) is 6.42 Å². The average Bonchev–Trinajstić information content (AvgIpc) is 2.96. The second-order valence-electron chi connectivity index (χ2n) is 4.82. The lowest BCUT2D eigenvalue weighted by Gasteiger charge is -2.26. The molecule has 7 heteroatoms. The standard InChI is InChI=1S/C13H17ClN6/c1-2-10-15-6-9-20(10)13-17-11(14)16-12(18-13)19-7-4-3-5-8-19/h6,9H,2-5,7-8H2,1H3. The number of hydrogen-bond acceptors (Lipinski definition) is 5. The maximum absolute atomic E-state index is 6.06. The molecule has 3 rings (SSSR count). The summed E-state index contributed by atoms with van der Waals surface area (Å²) in [6, 6.07) is 0. The van der Waals surface area contributed by atoms with Crippen molar-refractivity contribution in [3.63, 3.8) is 0 Å². The van der Waals surface area contributed by atoms with Crippen LogP contribution in [-0.4, -0.2) is 37.6 Å². The Morgan fingerprint density at radius 2 is 1.85 bits per heavy atom. The van der Waals surface area contributed by atoms with Crippen LogP contribution in [0.4, 0.5) is 5.95 Å². The molecule has 0 amide bonds. The van der Waals surface area contributed by atoms with E-state index in [1.165, 1.54) is 19.3 Å². The quantitative estimate of drug-likeness (QED) is 0.868. The molecular weight excluding hydrogens is 276 g/mol. The molecule has 0 atom stereocenters. The van der Waals surface area contributed by atoms with E-state index in [2.05, 4.69) is 24.8 Å². The first-order chi connectivity index (χ1) is 9.78. The van der Waals surface area contributed by atoms with Gasteiger partial charge in [-0.05, 0) is 30.9 Å². The zero-order valence-corrected chi connectivity index (χ0v) is 12.2. The SMILES string of the molecule is CCc1nccn1-c1nc(Cl)nc(N2CCCCC2)n1. The number of rotatable bonds is 3. The molecule has 106 valence electrons. The molecule has 2 aromatic rings. The summed E-state index contributed by atoms with van der Waals surface area (Å²) in [5.74, 6) is 2.12. The minimum absolute atomic E-state index is 0.228. The Morgan fingerprint density at radius 1 is 1.10 bits per heavy atom. The molecule has 1 aliphatic rings. The lowest BCUT2D eigenvalue weighted by atomic mass is 10.1. The molecule has 0 unspecified atom stereocenters. The van der Waals surface area contributed by atoms with Crippen molar-refractivity contribution in [1.82, 2.24) is 24.5 Å². The number of halogens is 1. The monoisotopic (exact) mass is 292 g/mol. The van der Waals surface area contributed by atoms with E-state index in [1.54, 1.807) is 6.20 Å². The number of aryl methyl sites for hydroxylation is 1. The molecule has 1 fully saturated rings. The minimum Gasteiger partial charge on any atom is -0.341 e. The van der Waals surface area contributed by atoms with E-state index in [0.29, 0.717) is 11.9 Å². The normalized spacial score (nSPS) is 15.6. The van der Waals surface area contributed by atoms with Gasteiger partial charge >= 0.3 is 0 Å². The van der Waals surface area contributed by atoms with Crippen molar-refractivity contribution in [2.24, 2.45) is 0 Å². The van der Waals surface area contributed by atoms with Crippen LogP contribution in [0, 0.1) is 0 Å². The summed E-state index contributed by atoms with van der Waals surface area (Å²) in [5, 5.41) is 0.228. The molecule has 0 bridgehead atoms. The summed E-state index contributed by atoms with van der Waals surface area (Å²) < 4.78 is 1.86. The topological polar surface area (TPSA) is 59.7 Å². The molecule has 0 spiro atoms. The van der Waals surface area contributed by atoms with Gasteiger partial charge < -0.3 is 4.90 Å². The van der Waals surface area contributed by atoms with E-state index < -0.39 is 0 Å². The fourth-order valence-electron chi connectivity index (χ4n) is 2.45. The molecule has 2 aromatic heterocycles. The number of aromatic nitrogens is 5. The van der Waals surface area contributed by atoms with Gasteiger partial charge in [0, 0.05) is 31.9 Å². The maximum atomic E-state index is 6.06. The zero-order chi connectivity index (χ0) is 13.9. The summed E-state index contributed by atoms with van der Waals surface area (Å²) in [5.41, 5.74) is 0. The summed E-state index contributed by atoms with van der Waals surface area (Å²) in [6.07, 6.45) is 8.02. The lowest BCUT2D eigenvalue weighted by Crippen LogP contribution is -2.31. The first kappa shape index (κ1) is 13.3. The van der Waals surface area contributed by atoms with Crippen LogP contribution >= 0.6 is 11.6 Å². The molecule has 3 heterocycles. The summed E-state index contributed by atoms with van der Waals surface area (Å²) in [4.78, 5) is 19.5. The van der Waals surface area contributed by atoms with Gasteiger partial charge in [0.25, 0.3) is 0 Å². The molecule has 1 saturated heterocycles. The van der Waals surface area contributed by atoms with Crippen LogP contribution in [0.15, 0.2) is 12.4 Å². The van der Waals surface area contributed by atoms with E-state index in [-0.39, 0.29) is 5.28 Å². The molecule has 0 N–H and O–H groups in total. The molecular formula is C13H17ClN6. The van der Waals surface area contributed by atoms with Crippen LogP contribution in [0.25, 0.3) is 5.95 Å². The Balaban J connectivity index is 1.98. The minimum atomic E-state index is 0.228. The highest BCUT2D eigenvalue weighted by Gasteiger charge is 2.17. The third-order valence-corrected chi connectivity index (χ3v) is 3.64. The van der Waals surface area contributed by atoms with Gasteiger partial charge in [-0.2, -0.15) is 15.0 Å². The largest absolute Gasteiger partial charge is 0.341 e. The zero-order valence-electron chi connectivity index (χ0n) is 11.5. The molecule has 1 aliphatic heterocycles. The number of imidazole rings is 1. The first-order valence-electron chi connectivity index (χ1n) is 6.97. The van der Waals surface area contributed by atoms with Crippen molar-refractivity contribution in [1.29, 1.82) is 0 Å². The average molecular weight is 293 g/mol. The van der Waals surface area contributed by atoms with Crippen molar-refractivity contribution < 1.29 is 0 Å². The third-order valence-electron chi connectivity index (χ3n) is 3.47. The van der Waals surface area contributed by atoms with Crippen molar-refractivity contribution in [3.05, 3.63) is 23.5 Å². The molecule has 6 nitrogen and oxygen atoms in total. The van der Waals surface area contributed by atoms with Gasteiger partial charge in [-0.15, -0.1) is 0 Å². The summed E-state index contributed by atoms with van der Waals surface area (Å²) in [7, 11) is 0. The predicted octanol–water partition coefficient (Wildman–Crippen LogP) is 2.26. The van der Waals surface area contributed by atoms with E-state index in [1.807, 2.05) is 17.7 Å². The molecule has 0 radical (unpaired) electrons. The number of hydrogen-bond donors (Lipinski definition) is 0. The van der Waals surface area contributed by atoms with Crippen LogP contribution in [0.3, 0.4) is 0 Å². The summed E-state index contributed by atoms with van der Waals surface area (Å²) in [6.45, 7) is 4.00. The highest BCUT2D eigenvalue weighted by Crippen LogP contribution is 2.18. The lowest BCUT2D eigenvalue weighted by molar-refractivity contribution is 0.566. The summed E-state index contributed by atoms with van der Waals surface area (Å²) >= 11 is 6.06. The fourth-order valence-corrected chi connectivity index (χ4v) is 2.60. The number of piperidine rings is 1. The van der Waals surface area contributed by atoms with Gasteiger partial charge in [0.1, 0.15) is 5.82 Å². The Hall–Kier alpha value is -1.69. The Labute approximate surface area is 122 Å². The third kappa shape index (κ3) is 2.60. The first-order valence-corrected chi connectivity index (χ1v) is 7.35. The van der Waals surface area contributed by atoms with E-state index in [9.17, 15) is 0 Å². The highest BCUT2D eigenvalue weighted by molar-refractivity contribution is 6.28. The van der Waals surface area contributed by atoms with Crippen molar-refractivity contribution in [2.75, 3.05) is 18.0 Å². The van der Waals surface area contributed by atoms with Crippen LogP contribution < -0.4 is 4.90 Å². The van der Waals surface area contributed by atoms with Gasteiger partial charge in [-0.1, -0.05) is 6.92 Å².